The summed E-state index contributed by atoms with van der Waals surface area (Å²) in [6.07, 6.45) is 1.44. The predicted octanol–water partition coefficient (Wildman–Crippen LogP) is 1.42. The van der Waals surface area contributed by atoms with Crippen LogP contribution in [-0.2, 0) is 11.2 Å². The van der Waals surface area contributed by atoms with E-state index in [1.54, 1.807) is 12.1 Å². The van der Waals surface area contributed by atoms with Crippen molar-refractivity contribution in [3.63, 3.8) is 0 Å². The first-order valence-corrected chi connectivity index (χ1v) is 6.65. The van der Waals surface area contributed by atoms with Gasteiger partial charge in [0.05, 0.1) is 4.92 Å². The number of nitrogens with one attached hydrogen (secondary N) is 1. The van der Waals surface area contributed by atoms with Crippen LogP contribution in [-0.4, -0.2) is 32.9 Å². The molecule has 0 fully saturated rings. The Morgan fingerprint density at radius 3 is 2.43 bits per heavy atom. The van der Waals surface area contributed by atoms with E-state index >= 15 is 0 Å². The normalized spacial score (nSPS) is 11.5. The maximum Gasteiger partial charge on any atom is 0.326 e. The molecule has 0 aliphatic carbocycles. The second kappa shape index (κ2) is 7.12. The molecule has 1 aromatic carbocycles. The number of carboxylic acids is 1. The maximum absolute atomic E-state index is 12.0. The molecule has 0 aliphatic heterocycles. The van der Waals surface area contributed by atoms with Gasteiger partial charge >= 0.3 is 5.97 Å². The molecular formula is C15H13N3O5. The second-order valence-electron chi connectivity index (χ2n) is 4.71. The van der Waals surface area contributed by atoms with Crippen molar-refractivity contribution in [3.8, 4) is 0 Å². The zero-order valence-corrected chi connectivity index (χ0v) is 11.9. The zero-order valence-electron chi connectivity index (χ0n) is 11.9. The molecule has 0 saturated carbocycles. The Bertz CT molecular complexity index is 716. The largest absolute Gasteiger partial charge is 0.480 e. The summed E-state index contributed by atoms with van der Waals surface area (Å²) in [5.74, 6) is -1.80. The Morgan fingerprint density at radius 2 is 1.91 bits per heavy atom. The van der Waals surface area contributed by atoms with E-state index in [-0.39, 0.29) is 17.8 Å². The average molecular weight is 315 g/mol. The van der Waals surface area contributed by atoms with Crippen molar-refractivity contribution in [1.29, 1.82) is 0 Å². The molecule has 0 aliphatic rings. The Labute approximate surface area is 130 Å². The fourth-order valence-electron chi connectivity index (χ4n) is 1.92. The molecule has 1 heterocycles. The monoisotopic (exact) mass is 315 g/mol. The smallest absolute Gasteiger partial charge is 0.326 e. The lowest BCUT2D eigenvalue weighted by Crippen LogP contribution is -2.42. The highest BCUT2D eigenvalue weighted by Gasteiger charge is 2.22. The summed E-state index contributed by atoms with van der Waals surface area (Å²) in [5, 5.41) is 22.2. The summed E-state index contributed by atoms with van der Waals surface area (Å²) < 4.78 is 0. The first-order valence-electron chi connectivity index (χ1n) is 6.65. The topological polar surface area (TPSA) is 122 Å². The lowest BCUT2D eigenvalue weighted by Gasteiger charge is -2.14. The summed E-state index contributed by atoms with van der Waals surface area (Å²) in [6, 6.07) is 9.06. The van der Waals surface area contributed by atoms with Crippen molar-refractivity contribution in [2.45, 2.75) is 12.5 Å². The summed E-state index contributed by atoms with van der Waals surface area (Å²) in [7, 11) is 0. The number of hydrogen-bond acceptors (Lipinski definition) is 5. The van der Waals surface area contributed by atoms with E-state index in [2.05, 4.69) is 10.3 Å². The summed E-state index contributed by atoms with van der Waals surface area (Å²) in [4.78, 5) is 37.2. The molecule has 0 unspecified atom stereocenters. The molecule has 1 amide bonds. The molecular weight excluding hydrogens is 302 g/mol. The number of pyridine rings is 1. The Balaban J connectivity index is 2.08. The van der Waals surface area contributed by atoms with E-state index < -0.39 is 22.8 Å². The van der Waals surface area contributed by atoms with Gasteiger partial charge in [0, 0.05) is 24.8 Å². The minimum atomic E-state index is -1.20. The summed E-state index contributed by atoms with van der Waals surface area (Å²) >= 11 is 0. The third-order valence-corrected chi connectivity index (χ3v) is 3.09. The highest BCUT2D eigenvalue weighted by molar-refractivity contribution is 5.94. The van der Waals surface area contributed by atoms with Crippen molar-refractivity contribution < 1.29 is 19.6 Å². The number of benzene rings is 1. The number of aliphatic carboxylic acids is 1. The summed E-state index contributed by atoms with van der Waals surface area (Å²) in [6.45, 7) is 0. The first-order chi connectivity index (χ1) is 11.0. The molecule has 118 valence electrons. The van der Waals surface area contributed by atoms with Crippen LogP contribution in [0.1, 0.15) is 16.1 Å². The number of amides is 1. The number of carboxylic acid groups (broad SMARTS) is 1. The average Bonchev–Trinajstić information content (AvgIpc) is 2.55. The predicted molar refractivity (Wildman–Crippen MR) is 79.9 cm³/mol. The number of nitro groups is 1. The Kier molecular flexibility index (Phi) is 4.98. The minimum Gasteiger partial charge on any atom is -0.480 e. The van der Waals surface area contributed by atoms with Crippen LogP contribution in [0.5, 0.6) is 0 Å². The number of rotatable bonds is 6. The van der Waals surface area contributed by atoms with Gasteiger partial charge in [-0.2, -0.15) is 0 Å². The van der Waals surface area contributed by atoms with E-state index in [1.165, 1.54) is 36.5 Å². The van der Waals surface area contributed by atoms with E-state index in [4.69, 9.17) is 0 Å². The van der Waals surface area contributed by atoms with Crippen molar-refractivity contribution in [1.82, 2.24) is 10.3 Å². The first kappa shape index (κ1) is 16.1. The van der Waals surface area contributed by atoms with Crippen LogP contribution >= 0.6 is 0 Å². The Hall–Kier alpha value is -3.29. The van der Waals surface area contributed by atoms with E-state index in [9.17, 15) is 24.8 Å². The number of nitro benzene ring substituents is 1. The highest BCUT2D eigenvalue weighted by atomic mass is 16.6. The maximum atomic E-state index is 12.0. The quantitative estimate of drug-likeness (QED) is 0.614. The van der Waals surface area contributed by atoms with Crippen LogP contribution in [0.4, 0.5) is 5.69 Å². The third kappa shape index (κ3) is 4.34. The van der Waals surface area contributed by atoms with Gasteiger partial charge in [0.15, 0.2) is 0 Å². The number of hydrogen-bond donors (Lipinski definition) is 2. The van der Waals surface area contributed by atoms with Gasteiger partial charge < -0.3 is 10.4 Å². The van der Waals surface area contributed by atoms with Crippen molar-refractivity contribution in [2.75, 3.05) is 0 Å². The molecule has 0 saturated heterocycles. The number of aromatic nitrogens is 1. The van der Waals surface area contributed by atoms with Crippen LogP contribution in [0.3, 0.4) is 0 Å². The second-order valence-corrected chi connectivity index (χ2v) is 4.71. The zero-order chi connectivity index (χ0) is 16.8. The highest BCUT2D eigenvalue weighted by Crippen LogP contribution is 2.13. The molecule has 2 aromatic rings. The van der Waals surface area contributed by atoms with Gasteiger partial charge in [0.2, 0.25) is 0 Å². The Morgan fingerprint density at radius 1 is 1.22 bits per heavy atom. The lowest BCUT2D eigenvalue weighted by molar-refractivity contribution is -0.384. The number of carbonyl (C=O) groups excluding carboxylic acids is 1. The van der Waals surface area contributed by atoms with Gasteiger partial charge in [-0.25, -0.2) is 4.79 Å². The SMILES string of the molecule is O=C(N[C@H](Cc1ccc([N+](=O)[O-])cc1)C(=O)O)c1ccccn1. The van der Waals surface area contributed by atoms with E-state index in [0.717, 1.165) is 0 Å². The van der Waals surface area contributed by atoms with Gasteiger partial charge in [0.1, 0.15) is 11.7 Å². The van der Waals surface area contributed by atoms with Crippen molar-refractivity contribution >= 4 is 17.6 Å². The lowest BCUT2D eigenvalue weighted by atomic mass is 10.1. The molecule has 23 heavy (non-hydrogen) atoms. The molecule has 2 rings (SSSR count). The fourth-order valence-corrected chi connectivity index (χ4v) is 1.92. The van der Waals surface area contributed by atoms with Crippen LogP contribution in [0.25, 0.3) is 0 Å². The van der Waals surface area contributed by atoms with Crippen molar-refractivity contribution in [2.24, 2.45) is 0 Å². The van der Waals surface area contributed by atoms with Crippen LogP contribution in [0, 0.1) is 10.1 Å². The van der Waals surface area contributed by atoms with Crippen LogP contribution in [0.2, 0.25) is 0 Å². The molecule has 0 spiro atoms. The molecule has 0 bridgehead atoms. The van der Waals surface area contributed by atoms with Gasteiger partial charge in [0.25, 0.3) is 11.6 Å². The van der Waals surface area contributed by atoms with Crippen LogP contribution < -0.4 is 5.32 Å². The molecule has 1 atom stereocenters. The molecule has 8 heteroatoms. The van der Waals surface area contributed by atoms with E-state index in [1.807, 2.05) is 0 Å². The standard InChI is InChI=1S/C15H13N3O5/c19-14(12-3-1-2-8-16-12)17-13(15(20)21)9-10-4-6-11(7-5-10)18(22)23/h1-8,13H,9H2,(H,17,19)(H,20,21)/t13-/m1/s1. The van der Waals surface area contributed by atoms with Gasteiger partial charge in [-0.1, -0.05) is 18.2 Å². The molecule has 1 aromatic heterocycles. The molecule has 8 nitrogen and oxygen atoms in total. The number of nitrogens with zero attached hydrogens (tertiary/aromatic N) is 2. The van der Waals surface area contributed by atoms with Crippen molar-refractivity contribution in [3.05, 3.63) is 70.0 Å². The third-order valence-electron chi connectivity index (χ3n) is 3.09. The fraction of sp³-hybridized carbons (Fsp3) is 0.133. The minimum absolute atomic E-state index is 0.00585. The van der Waals surface area contributed by atoms with Gasteiger partial charge in [-0.05, 0) is 17.7 Å². The summed E-state index contributed by atoms with van der Waals surface area (Å²) in [5.41, 5.74) is 0.588. The van der Waals surface area contributed by atoms with Crippen LogP contribution in [0.15, 0.2) is 48.7 Å². The molecule has 2 N–H and O–H groups in total. The van der Waals surface area contributed by atoms with E-state index in [0.29, 0.717) is 5.56 Å². The van der Waals surface area contributed by atoms with Gasteiger partial charge in [-0.3, -0.25) is 19.9 Å². The van der Waals surface area contributed by atoms with Gasteiger partial charge in [-0.15, -0.1) is 0 Å². The number of non-ortho nitro benzene ring substituents is 1. The number of carbonyl (C=O) groups is 2. The molecule has 0 radical (unpaired) electrons.